The zero-order valence-corrected chi connectivity index (χ0v) is 9.64. The predicted molar refractivity (Wildman–Crippen MR) is 60.1 cm³/mol. The fourth-order valence-electron chi connectivity index (χ4n) is 1.34. The molecule has 0 radical (unpaired) electrons. The molecule has 0 saturated heterocycles. The molecule has 5 nitrogen and oxygen atoms in total. The summed E-state index contributed by atoms with van der Waals surface area (Å²) in [4.78, 5) is 10.5. The van der Waals surface area contributed by atoms with Gasteiger partial charge in [0, 0.05) is 6.07 Å². The van der Waals surface area contributed by atoms with Crippen molar-refractivity contribution in [3.8, 4) is 17.6 Å². The van der Waals surface area contributed by atoms with Crippen molar-refractivity contribution in [3.63, 3.8) is 0 Å². The van der Waals surface area contributed by atoms with Gasteiger partial charge in [0.2, 0.25) is 0 Å². The van der Waals surface area contributed by atoms with Gasteiger partial charge in [-0.25, -0.2) is 0 Å². The van der Waals surface area contributed by atoms with Crippen LogP contribution in [0.2, 0.25) is 0 Å². The summed E-state index contributed by atoms with van der Waals surface area (Å²) in [5.74, 6) is -0.0772. The maximum Gasteiger partial charge on any atom is 0.307 e. The molecule has 0 bridgehead atoms. The third kappa shape index (κ3) is 3.68. The summed E-state index contributed by atoms with van der Waals surface area (Å²) >= 11 is 0. The van der Waals surface area contributed by atoms with E-state index in [1.165, 1.54) is 7.11 Å². The molecule has 1 N–H and O–H groups in total. The van der Waals surface area contributed by atoms with Gasteiger partial charge in [0.05, 0.1) is 25.2 Å². The molecule has 0 aliphatic heterocycles. The van der Waals surface area contributed by atoms with Crippen LogP contribution >= 0.6 is 0 Å². The number of rotatable bonds is 5. The molecule has 0 unspecified atom stereocenters. The molecule has 5 heteroatoms. The molecule has 0 spiro atoms. The lowest BCUT2D eigenvalue weighted by atomic mass is 10.2. The number of methoxy groups -OCH3 is 1. The Balaban J connectivity index is 2.84. The number of hydrogen-bond acceptors (Lipinski definition) is 4. The fraction of sp³-hybridized carbons (Fsp3) is 0.333. The lowest BCUT2D eigenvalue weighted by Crippen LogP contribution is -2.16. The Morgan fingerprint density at radius 1 is 1.53 bits per heavy atom. The van der Waals surface area contributed by atoms with Gasteiger partial charge in [0.25, 0.3) is 0 Å². The van der Waals surface area contributed by atoms with Crippen LogP contribution in [0.3, 0.4) is 0 Å². The van der Waals surface area contributed by atoms with Crippen molar-refractivity contribution in [2.45, 2.75) is 19.4 Å². The number of nitriles is 1. The third-order valence-corrected chi connectivity index (χ3v) is 2.08. The summed E-state index contributed by atoms with van der Waals surface area (Å²) in [5.41, 5.74) is 0.458. The number of carboxylic acid groups (broad SMARTS) is 1. The maximum atomic E-state index is 10.5. The molecule has 0 saturated carbocycles. The number of aliphatic carboxylic acids is 1. The molecule has 0 fully saturated rings. The third-order valence-electron chi connectivity index (χ3n) is 2.08. The Bertz CT molecular complexity index is 450. The highest BCUT2D eigenvalue weighted by Crippen LogP contribution is 2.29. The number of benzene rings is 1. The van der Waals surface area contributed by atoms with Gasteiger partial charge in [-0.05, 0) is 19.1 Å². The molecule has 90 valence electrons. The first-order chi connectivity index (χ1) is 8.06. The van der Waals surface area contributed by atoms with E-state index < -0.39 is 12.1 Å². The van der Waals surface area contributed by atoms with E-state index in [0.717, 1.165) is 0 Å². The lowest BCUT2D eigenvalue weighted by Gasteiger charge is -2.15. The van der Waals surface area contributed by atoms with Crippen molar-refractivity contribution >= 4 is 5.97 Å². The van der Waals surface area contributed by atoms with Gasteiger partial charge in [0.1, 0.15) is 6.10 Å². The minimum atomic E-state index is -0.926. The van der Waals surface area contributed by atoms with Crippen LogP contribution in [0.1, 0.15) is 18.9 Å². The minimum absolute atomic E-state index is 0.0941. The van der Waals surface area contributed by atoms with Gasteiger partial charge in [-0.15, -0.1) is 0 Å². The number of carbonyl (C=O) groups is 1. The molecule has 0 heterocycles. The normalized spacial score (nSPS) is 11.4. The van der Waals surface area contributed by atoms with Gasteiger partial charge < -0.3 is 14.6 Å². The fourth-order valence-corrected chi connectivity index (χ4v) is 1.34. The van der Waals surface area contributed by atoms with Gasteiger partial charge >= 0.3 is 5.97 Å². The number of carboxylic acids is 1. The highest BCUT2D eigenvalue weighted by molar-refractivity contribution is 5.67. The minimum Gasteiger partial charge on any atom is -0.493 e. The number of ether oxygens (including phenoxy) is 2. The molecule has 17 heavy (non-hydrogen) atoms. The second kappa shape index (κ2) is 5.75. The number of nitrogens with zero attached hydrogens (tertiary/aromatic N) is 1. The Hall–Kier alpha value is -2.22. The average molecular weight is 235 g/mol. The van der Waals surface area contributed by atoms with E-state index in [2.05, 4.69) is 0 Å². The summed E-state index contributed by atoms with van der Waals surface area (Å²) in [6.45, 7) is 1.66. The van der Waals surface area contributed by atoms with Crippen molar-refractivity contribution in [1.82, 2.24) is 0 Å². The molecular weight excluding hydrogens is 222 g/mol. The van der Waals surface area contributed by atoms with Gasteiger partial charge in [-0.1, -0.05) is 0 Å². The van der Waals surface area contributed by atoms with Crippen LogP contribution in [0.25, 0.3) is 0 Å². The molecule has 0 aromatic heterocycles. The Kier molecular flexibility index (Phi) is 4.35. The van der Waals surface area contributed by atoms with Gasteiger partial charge in [-0.2, -0.15) is 5.26 Å². The predicted octanol–water partition coefficient (Wildman–Crippen LogP) is 1.81. The molecule has 1 atom stereocenters. The number of hydrogen-bond donors (Lipinski definition) is 1. The first-order valence-corrected chi connectivity index (χ1v) is 5.03. The second-order valence-corrected chi connectivity index (χ2v) is 3.50. The van der Waals surface area contributed by atoms with E-state index in [1.807, 2.05) is 6.07 Å². The average Bonchev–Trinajstić information content (AvgIpc) is 2.28. The van der Waals surface area contributed by atoms with E-state index >= 15 is 0 Å². The Labute approximate surface area is 99.2 Å². The van der Waals surface area contributed by atoms with Crippen molar-refractivity contribution < 1.29 is 19.4 Å². The zero-order chi connectivity index (χ0) is 12.8. The van der Waals surface area contributed by atoms with Crippen LogP contribution in [0.15, 0.2) is 18.2 Å². The quantitative estimate of drug-likeness (QED) is 0.841. The maximum absolute atomic E-state index is 10.5. The topological polar surface area (TPSA) is 79.5 Å². The van der Waals surface area contributed by atoms with Crippen LogP contribution in [0.4, 0.5) is 0 Å². The van der Waals surface area contributed by atoms with Crippen LogP contribution < -0.4 is 9.47 Å². The summed E-state index contributed by atoms with van der Waals surface area (Å²) in [6, 6.07) is 6.71. The smallest absolute Gasteiger partial charge is 0.307 e. The van der Waals surface area contributed by atoms with Crippen LogP contribution in [0.5, 0.6) is 11.5 Å². The monoisotopic (exact) mass is 235 g/mol. The largest absolute Gasteiger partial charge is 0.493 e. The summed E-state index contributed by atoms with van der Waals surface area (Å²) < 4.78 is 10.5. The Morgan fingerprint density at radius 2 is 2.24 bits per heavy atom. The summed E-state index contributed by atoms with van der Waals surface area (Å²) in [7, 11) is 1.46. The first-order valence-electron chi connectivity index (χ1n) is 5.03. The highest BCUT2D eigenvalue weighted by atomic mass is 16.5. The van der Waals surface area contributed by atoms with Crippen LogP contribution in [-0.2, 0) is 4.79 Å². The van der Waals surface area contributed by atoms with E-state index in [1.54, 1.807) is 25.1 Å². The molecule has 1 aromatic carbocycles. The van der Waals surface area contributed by atoms with E-state index in [0.29, 0.717) is 17.1 Å². The SMILES string of the molecule is COc1cc(C#N)ccc1O[C@H](C)CC(=O)O. The molecule has 1 aromatic rings. The lowest BCUT2D eigenvalue weighted by molar-refractivity contribution is -0.138. The summed E-state index contributed by atoms with van der Waals surface area (Å²) in [6.07, 6.45) is -0.558. The first kappa shape index (κ1) is 12.8. The molecule has 0 amide bonds. The van der Waals surface area contributed by atoms with Crippen molar-refractivity contribution in [2.75, 3.05) is 7.11 Å². The van der Waals surface area contributed by atoms with Crippen LogP contribution in [0, 0.1) is 11.3 Å². The van der Waals surface area contributed by atoms with Crippen molar-refractivity contribution in [1.29, 1.82) is 5.26 Å². The van der Waals surface area contributed by atoms with E-state index in [9.17, 15) is 4.79 Å². The van der Waals surface area contributed by atoms with Crippen LogP contribution in [-0.4, -0.2) is 24.3 Å². The second-order valence-electron chi connectivity index (χ2n) is 3.50. The van der Waals surface area contributed by atoms with E-state index in [-0.39, 0.29) is 6.42 Å². The summed E-state index contributed by atoms with van der Waals surface area (Å²) in [5, 5.41) is 17.3. The zero-order valence-electron chi connectivity index (χ0n) is 9.64. The van der Waals surface area contributed by atoms with Crippen molar-refractivity contribution in [2.24, 2.45) is 0 Å². The van der Waals surface area contributed by atoms with E-state index in [4.69, 9.17) is 19.8 Å². The van der Waals surface area contributed by atoms with Crippen molar-refractivity contribution in [3.05, 3.63) is 23.8 Å². The standard InChI is InChI=1S/C12H13NO4/c1-8(5-12(14)15)17-10-4-3-9(7-13)6-11(10)16-2/h3-4,6,8H,5H2,1-2H3,(H,14,15)/t8-/m1/s1. The molecule has 1 rings (SSSR count). The Morgan fingerprint density at radius 3 is 2.76 bits per heavy atom. The van der Waals surface area contributed by atoms with Gasteiger partial charge in [0.15, 0.2) is 11.5 Å². The molecule has 0 aliphatic rings. The highest BCUT2D eigenvalue weighted by Gasteiger charge is 2.12. The van der Waals surface area contributed by atoms with Gasteiger partial charge in [-0.3, -0.25) is 4.79 Å². The molecule has 0 aliphatic carbocycles. The molecular formula is C12H13NO4.